The van der Waals surface area contributed by atoms with Gasteiger partial charge in [-0.25, -0.2) is 8.78 Å². The molecule has 0 fully saturated rings. The van der Waals surface area contributed by atoms with E-state index in [4.69, 9.17) is 15.3 Å². The number of nitrogens with two attached hydrogens (primary N) is 1. The lowest BCUT2D eigenvalue weighted by Crippen LogP contribution is -2.23. The van der Waals surface area contributed by atoms with Crippen molar-refractivity contribution in [2.75, 3.05) is 0 Å². The fraction of sp³-hybridized carbons (Fsp3) is 0.188. The number of nitrogens with one attached hydrogen (secondary N) is 1. The van der Waals surface area contributed by atoms with E-state index in [-0.39, 0.29) is 30.1 Å². The van der Waals surface area contributed by atoms with Crippen molar-refractivity contribution in [3.05, 3.63) is 129 Å². The molecule has 6 nitrogen and oxygen atoms in total. The summed E-state index contributed by atoms with van der Waals surface area (Å²) < 4.78 is 34.1. The van der Waals surface area contributed by atoms with Crippen LogP contribution < -0.4 is 11.1 Å². The Hall–Kier alpha value is -4.56. The van der Waals surface area contributed by atoms with Crippen molar-refractivity contribution in [2.24, 2.45) is 10.9 Å². The van der Waals surface area contributed by atoms with Crippen molar-refractivity contribution in [1.29, 1.82) is 0 Å². The average molecular weight is 540 g/mol. The highest BCUT2D eigenvalue weighted by Crippen LogP contribution is 2.54. The molecule has 0 radical (unpaired) electrons. The standard InChI is InChI=1S/C32H27F2N3O3/c1-17(2)40-37-31(35)19-5-3-18(4-6-19)16-36-32(38)21-8-11-25-27(14-21)30-26-13-20(7-10-24(26)29(25)39-30)23-12-9-22(33)15-28(23)34/h3-15,17,29-30H,16H2,1-2H3,(H2,35,37)(H,36,38)/t29-,30+/m0/s1. The maximum atomic E-state index is 14.4. The topological polar surface area (TPSA) is 85.9 Å². The molecular weight excluding hydrogens is 512 g/mol. The first-order valence-electron chi connectivity index (χ1n) is 13.0. The van der Waals surface area contributed by atoms with Crippen LogP contribution in [0.15, 0.2) is 84.0 Å². The first kappa shape index (κ1) is 25.7. The maximum absolute atomic E-state index is 14.4. The van der Waals surface area contributed by atoms with Gasteiger partial charge in [-0.15, -0.1) is 0 Å². The van der Waals surface area contributed by atoms with Gasteiger partial charge in [0.2, 0.25) is 0 Å². The van der Waals surface area contributed by atoms with E-state index < -0.39 is 11.6 Å². The van der Waals surface area contributed by atoms with Crippen LogP contribution in [0.5, 0.6) is 0 Å². The van der Waals surface area contributed by atoms with Gasteiger partial charge in [0.1, 0.15) is 29.9 Å². The SMILES string of the molecule is CC(C)ON=C(N)c1ccc(CNC(=O)c2ccc3c(c2)[C@@H]2O[C@H]3c3ccc(-c4ccc(F)cc4F)cc32)cc1. The van der Waals surface area contributed by atoms with E-state index in [0.29, 0.717) is 23.2 Å². The van der Waals surface area contributed by atoms with Crippen LogP contribution in [0.3, 0.4) is 0 Å². The molecule has 3 N–H and O–H groups in total. The Labute approximate surface area is 230 Å². The first-order valence-corrected chi connectivity index (χ1v) is 13.0. The molecule has 40 heavy (non-hydrogen) atoms. The second kappa shape index (κ2) is 10.2. The second-order valence-corrected chi connectivity index (χ2v) is 10.2. The molecule has 4 aromatic carbocycles. The molecule has 0 aliphatic carbocycles. The summed E-state index contributed by atoms with van der Waals surface area (Å²) in [4.78, 5) is 18.2. The highest BCUT2D eigenvalue weighted by Gasteiger charge is 2.43. The summed E-state index contributed by atoms with van der Waals surface area (Å²) in [6.07, 6.45) is -0.655. The molecule has 0 saturated heterocycles. The fourth-order valence-corrected chi connectivity index (χ4v) is 5.17. The molecule has 4 aromatic rings. The van der Waals surface area contributed by atoms with Crippen molar-refractivity contribution in [2.45, 2.75) is 38.7 Å². The number of carbonyl (C=O) groups is 1. The monoisotopic (exact) mass is 539 g/mol. The fourth-order valence-electron chi connectivity index (χ4n) is 5.17. The number of amidine groups is 1. The lowest BCUT2D eigenvalue weighted by Gasteiger charge is -2.18. The summed E-state index contributed by atoms with van der Waals surface area (Å²) >= 11 is 0. The zero-order valence-electron chi connectivity index (χ0n) is 21.9. The summed E-state index contributed by atoms with van der Waals surface area (Å²) in [5.41, 5.74) is 13.0. The van der Waals surface area contributed by atoms with Crippen LogP contribution in [0.4, 0.5) is 8.78 Å². The van der Waals surface area contributed by atoms with E-state index in [2.05, 4.69) is 10.5 Å². The van der Waals surface area contributed by atoms with Crippen LogP contribution in [0.1, 0.15) is 69.8 Å². The molecule has 0 saturated carbocycles. The highest BCUT2D eigenvalue weighted by atomic mass is 19.1. The lowest BCUT2D eigenvalue weighted by molar-refractivity contribution is 0.0856. The number of halogens is 2. The quantitative estimate of drug-likeness (QED) is 0.168. The van der Waals surface area contributed by atoms with Crippen LogP contribution >= 0.6 is 0 Å². The number of nitrogens with zero attached hydrogens (tertiary/aromatic N) is 1. The number of amides is 1. The summed E-state index contributed by atoms with van der Waals surface area (Å²) in [6.45, 7) is 4.08. The molecule has 2 aliphatic heterocycles. The van der Waals surface area contributed by atoms with Gasteiger partial charge < -0.3 is 20.6 Å². The lowest BCUT2D eigenvalue weighted by atomic mass is 9.83. The molecule has 0 spiro atoms. The third kappa shape index (κ3) is 4.71. The Kier molecular flexibility index (Phi) is 6.56. The molecule has 8 heteroatoms. The molecule has 0 unspecified atom stereocenters. The molecule has 0 aromatic heterocycles. The Balaban J connectivity index is 1.16. The predicted molar refractivity (Wildman–Crippen MR) is 148 cm³/mol. The zero-order chi connectivity index (χ0) is 28.0. The molecular formula is C32H27F2N3O3. The smallest absolute Gasteiger partial charge is 0.251 e. The largest absolute Gasteiger partial charge is 0.391 e. The Morgan fingerprint density at radius 3 is 2.30 bits per heavy atom. The van der Waals surface area contributed by atoms with E-state index in [1.54, 1.807) is 6.07 Å². The van der Waals surface area contributed by atoms with Gasteiger partial charge in [-0.05, 0) is 77.6 Å². The Morgan fingerprint density at radius 1 is 0.900 bits per heavy atom. The number of hydrogen-bond acceptors (Lipinski definition) is 4. The van der Waals surface area contributed by atoms with Gasteiger partial charge in [0.05, 0.1) is 0 Å². The van der Waals surface area contributed by atoms with Gasteiger partial charge in [-0.3, -0.25) is 4.79 Å². The van der Waals surface area contributed by atoms with Crippen molar-refractivity contribution in [1.82, 2.24) is 5.32 Å². The van der Waals surface area contributed by atoms with E-state index in [9.17, 15) is 13.6 Å². The number of carbonyl (C=O) groups excluding carboxylic acids is 1. The molecule has 2 atom stereocenters. The van der Waals surface area contributed by atoms with Crippen molar-refractivity contribution >= 4 is 11.7 Å². The predicted octanol–water partition coefficient (Wildman–Crippen LogP) is 6.13. The molecule has 2 aliphatic rings. The van der Waals surface area contributed by atoms with E-state index >= 15 is 0 Å². The highest BCUT2D eigenvalue weighted by molar-refractivity contribution is 5.97. The third-order valence-electron chi connectivity index (χ3n) is 7.14. The number of oxime groups is 1. The van der Waals surface area contributed by atoms with Crippen LogP contribution in [-0.2, 0) is 16.1 Å². The van der Waals surface area contributed by atoms with Crippen molar-refractivity contribution in [3.63, 3.8) is 0 Å². The minimum atomic E-state index is -0.618. The van der Waals surface area contributed by atoms with Crippen LogP contribution in [0.2, 0.25) is 0 Å². The summed E-state index contributed by atoms with van der Waals surface area (Å²) in [5.74, 6) is -1.15. The van der Waals surface area contributed by atoms with Gasteiger partial charge in [-0.2, -0.15) is 0 Å². The molecule has 2 heterocycles. The zero-order valence-corrected chi connectivity index (χ0v) is 21.9. The van der Waals surface area contributed by atoms with E-state index in [1.165, 1.54) is 12.1 Å². The summed E-state index contributed by atoms with van der Waals surface area (Å²) in [5, 5.41) is 6.87. The number of ether oxygens (including phenoxy) is 1. The van der Waals surface area contributed by atoms with E-state index in [1.807, 2.05) is 68.4 Å². The number of rotatable bonds is 7. The molecule has 6 rings (SSSR count). The van der Waals surface area contributed by atoms with Crippen LogP contribution in [0, 0.1) is 11.6 Å². The number of fused-ring (bicyclic) bond motifs is 8. The van der Waals surface area contributed by atoms with Gasteiger partial charge in [0.15, 0.2) is 5.84 Å². The Morgan fingerprint density at radius 2 is 1.57 bits per heavy atom. The van der Waals surface area contributed by atoms with Gasteiger partial charge >= 0.3 is 0 Å². The minimum Gasteiger partial charge on any atom is -0.391 e. The van der Waals surface area contributed by atoms with Crippen LogP contribution in [0.25, 0.3) is 11.1 Å². The average Bonchev–Trinajstić information content (AvgIpc) is 3.52. The second-order valence-electron chi connectivity index (χ2n) is 10.2. The molecule has 2 bridgehead atoms. The first-order chi connectivity index (χ1) is 19.3. The summed E-state index contributed by atoms with van der Waals surface area (Å²) in [7, 11) is 0. The van der Waals surface area contributed by atoms with Gasteiger partial charge in [-0.1, -0.05) is 47.6 Å². The van der Waals surface area contributed by atoms with Gasteiger partial charge in [0, 0.05) is 29.3 Å². The third-order valence-corrected chi connectivity index (χ3v) is 7.14. The minimum absolute atomic E-state index is 0.0628. The normalized spacial score (nSPS) is 17.1. The van der Waals surface area contributed by atoms with Gasteiger partial charge in [0.25, 0.3) is 5.91 Å². The van der Waals surface area contributed by atoms with Crippen molar-refractivity contribution < 1.29 is 23.1 Å². The van der Waals surface area contributed by atoms with Crippen LogP contribution in [-0.4, -0.2) is 17.8 Å². The molecule has 202 valence electrons. The van der Waals surface area contributed by atoms with E-state index in [0.717, 1.165) is 39.4 Å². The van der Waals surface area contributed by atoms with Crippen molar-refractivity contribution in [3.8, 4) is 11.1 Å². The Bertz CT molecular complexity index is 1650. The molecule has 1 amide bonds. The number of hydrogen-bond donors (Lipinski definition) is 2. The summed E-state index contributed by atoms with van der Waals surface area (Å²) in [6, 6.07) is 22.2. The maximum Gasteiger partial charge on any atom is 0.251 e. The number of benzene rings is 4.